The molecule has 0 aliphatic carbocycles. The second-order valence-electron chi connectivity index (χ2n) is 23.4. The molecule has 452 valence electrons. The zero-order chi connectivity index (χ0) is 62.8. The van der Waals surface area contributed by atoms with Crippen molar-refractivity contribution in [2.24, 2.45) is 0 Å². The van der Waals surface area contributed by atoms with Crippen molar-refractivity contribution in [3.63, 3.8) is 0 Å². The largest absolute Gasteiger partial charge is 0.481 e. The van der Waals surface area contributed by atoms with Crippen molar-refractivity contribution in [2.75, 3.05) is 0 Å². The van der Waals surface area contributed by atoms with Gasteiger partial charge in [0.2, 0.25) is 0 Å². The Morgan fingerprint density at radius 1 is 0.356 bits per heavy atom. The molecule has 10 rings (SSSR count). The van der Waals surface area contributed by atoms with E-state index >= 15 is 0 Å². The zero-order valence-corrected chi connectivity index (χ0v) is 51.1. The molecule has 87 heavy (non-hydrogen) atoms. The van der Waals surface area contributed by atoms with Crippen LogP contribution in [-0.2, 0) is 23.9 Å². The molecule has 6 aromatic rings. The first-order valence-electron chi connectivity index (χ1n) is 29.4. The number of hydrogen-bond donors (Lipinski definition) is 10. The van der Waals surface area contributed by atoms with E-state index in [0.29, 0.717) is 78.7 Å². The van der Waals surface area contributed by atoms with Crippen LogP contribution in [0.1, 0.15) is 221 Å². The second-order valence-corrected chi connectivity index (χ2v) is 23.4. The SMILES string of the molecule is CC1=C(CCC(=O)O)c2cc3nc(cc4[nH]c(cc5[nH]c(cc1n2)c(C)c5C(C)OC(C)c1c(C)c2cc5[nH]c(cc6nc(cc7nc(cc1[nH]2)C(C)=C7CCC(=O)O)C(CCC(=O)O)=C6C)c(C(C)O)c5C)c(C)c4C(C)O)C(C)=C3CCC(=O)O. The summed E-state index contributed by atoms with van der Waals surface area (Å²) in [6.45, 7) is 23.0. The molecule has 19 nitrogen and oxygen atoms in total. The van der Waals surface area contributed by atoms with Crippen LogP contribution in [0.4, 0.5) is 0 Å². The second kappa shape index (κ2) is 24.0. The Bertz CT molecular complexity index is 4420. The highest BCUT2D eigenvalue weighted by Crippen LogP contribution is 2.43. The number of rotatable bonds is 18. The fraction of sp³-hybridized carbons (Fsp3) is 0.353. The molecule has 0 spiro atoms. The van der Waals surface area contributed by atoms with Crippen molar-refractivity contribution in [3.05, 3.63) is 139 Å². The molecule has 19 heteroatoms. The van der Waals surface area contributed by atoms with E-state index in [4.69, 9.17) is 24.7 Å². The van der Waals surface area contributed by atoms with E-state index in [-0.39, 0.29) is 51.4 Å². The van der Waals surface area contributed by atoms with Crippen LogP contribution in [0, 0.1) is 27.7 Å². The highest BCUT2D eigenvalue weighted by atomic mass is 16.5. The van der Waals surface area contributed by atoms with Gasteiger partial charge < -0.3 is 55.3 Å². The van der Waals surface area contributed by atoms with Gasteiger partial charge in [0.05, 0.1) is 70.0 Å². The smallest absolute Gasteiger partial charge is 0.303 e. The maximum absolute atomic E-state index is 12.2. The van der Waals surface area contributed by atoms with Crippen LogP contribution in [0.3, 0.4) is 0 Å². The van der Waals surface area contributed by atoms with Crippen molar-refractivity contribution >= 4 is 113 Å². The third-order valence-electron chi connectivity index (χ3n) is 17.7. The summed E-state index contributed by atoms with van der Waals surface area (Å²) in [6.07, 6.45) is -2.76. The monoisotopic (exact) mass is 1180 g/mol. The number of ether oxygens (including phenoxy) is 1. The Kier molecular flexibility index (Phi) is 16.9. The number of aliphatic hydroxyl groups is 2. The molecule has 6 aromatic heterocycles. The number of aliphatic carboxylic acids is 4. The summed E-state index contributed by atoms with van der Waals surface area (Å²) >= 11 is 0. The number of hydrogen-bond acceptors (Lipinski definition) is 11. The van der Waals surface area contributed by atoms with Crippen LogP contribution in [0.5, 0.6) is 0 Å². The lowest BCUT2D eigenvalue weighted by Gasteiger charge is -2.20. The maximum atomic E-state index is 12.2. The third kappa shape index (κ3) is 11.9. The van der Waals surface area contributed by atoms with Gasteiger partial charge in [-0.25, -0.2) is 19.9 Å². The molecule has 10 N–H and O–H groups in total. The Labute approximate surface area is 502 Å². The van der Waals surface area contributed by atoms with Gasteiger partial charge in [0.25, 0.3) is 0 Å². The van der Waals surface area contributed by atoms with Crippen LogP contribution in [-0.4, -0.2) is 94.4 Å². The minimum absolute atomic E-state index is 0.132. The molecular weight excluding hydrogens is 1100 g/mol. The first kappa shape index (κ1) is 61.1. The molecule has 0 radical (unpaired) electrons. The summed E-state index contributed by atoms with van der Waals surface area (Å²) in [5.41, 5.74) is 22.5. The van der Waals surface area contributed by atoms with E-state index in [1.165, 1.54) is 0 Å². The molecule has 0 amide bonds. The molecule has 4 aliphatic rings. The lowest BCUT2D eigenvalue weighted by atomic mass is 9.98. The third-order valence-corrected chi connectivity index (χ3v) is 17.7. The number of carboxylic acid groups (broad SMARTS) is 4. The number of nitrogens with zero attached hydrogens (tertiary/aromatic N) is 4. The van der Waals surface area contributed by atoms with E-state index in [1.807, 2.05) is 118 Å². The number of aromatic amines is 4. The van der Waals surface area contributed by atoms with E-state index in [1.54, 1.807) is 13.8 Å². The Morgan fingerprint density at radius 2 is 0.586 bits per heavy atom. The molecule has 16 bridgehead atoms. The molecule has 4 unspecified atom stereocenters. The molecule has 0 saturated heterocycles. The molecule has 4 atom stereocenters. The van der Waals surface area contributed by atoms with E-state index < -0.39 is 48.3 Å². The normalized spacial score (nSPS) is 15.0. The van der Waals surface area contributed by atoms with Crippen LogP contribution < -0.4 is 0 Å². The van der Waals surface area contributed by atoms with Crippen LogP contribution in [0.25, 0.3) is 88.7 Å². The molecule has 0 saturated carbocycles. The number of allylic oxidation sites excluding steroid dienone is 8. The van der Waals surface area contributed by atoms with Crippen molar-refractivity contribution in [1.29, 1.82) is 0 Å². The number of aromatic nitrogens is 8. The van der Waals surface area contributed by atoms with Gasteiger partial charge in [-0.3, -0.25) is 19.2 Å². The van der Waals surface area contributed by atoms with Crippen molar-refractivity contribution in [3.8, 4) is 0 Å². The minimum Gasteiger partial charge on any atom is -0.481 e. The summed E-state index contributed by atoms with van der Waals surface area (Å²) in [5.74, 6) is -3.84. The van der Waals surface area contributed by atoms with Crippen LogP contribution >= 0.6 is 0 Å². The highest BCUT2D eigenvalue weighted by Gasteiger charge is 2.28. The number of carbonyl (C=O) groups is 4. The number of carboxylic acids is 4. The van der Waals surface area contributed by atoms with Crippen LogP contribution in [0.2, 0.25) is 0 Å². The zero-order valence-electron chi connectivity index (χ0n) is 51.1. The number of aliphatic hydroxyl groups excluding tert-OH is 2. The van der Waals surface area contributed by atoms with Gasteiger partial charge in [-0.2, -0.15) is 0 Å². The summed E-state index contributed by atoms with van der Waals surface area (Å²) in [7, 11) is 0. The Morgan fingerprint density at radius 3 is 0.862 bits per heavy atom. The predicted octanol–water partition coefficient (Wildman–Crippen LogP) is 14.3. The number of fused-ring (bicyclic) bond motifs is 16. The van der Waals surface area contributed by atoms with E-state index in [9.17, 15) is 49.8 Å². The van der Waals surface area contributed by atoms with Crippen molar-refractivity contribution in [1.82, 2.24) is 39.9 Å². The Hall–Kier alpha value is -9.04. The number of H-pyrrole nitrogens is 4. The summed E-state index contributed by atoms with van der Waals surface area (Å²) in [5, 5.41) is 62.2. The summed E-state index contributed by atoms with van der Waals surface area (Å²) in [4.78, 5) is 83.2. The molecular formula is C68H74N8O11. The molecule has 4 aliphatic heterocycles. The fourth-order valence-corrected chi connectivity index (χ4v) is 13.0. The van der Waals surface area contributed by atoms with Gasteiger partial charge in [0, 0.05) is 92.1 Å². The van der Waals surface area contributed by atoms with Crippen molar-refractivity contribution in [2.45, 2.75) is 159 Å². The van der Waals surface area contributed by atoms with Gasteiger partial charge in [-0.1, -0.05) is 0 Å². The lowest BCUT2D eigenvalue weighted by molar-refractivity contribution is -0.137. The van der Waals surface area contributed by atoms with Gasteiger partial charge in [-0.15, -0.1) is 0 Å². The quantitative estimate of drug-likeness (QED) is 0.0382. The highest BCUT2D eigenvalue weighted by molar-refractivity contribution is 5.99. The first-order valence-corrected chi connectivity index (χ1v) is 29.4. The average molecular weight is 1180 g/mol. The van der Waals surface area contributed by atoms with Crippen molar-refractivity contribution < 1.29 is 54.6 Å². The fourth-order valence-electron chi connectivity index (χ4n) is 13.0. The Balaban J connectivity index is 1.19. The lowest BCUT2D eigenvalue weighted by Crippen LogP contribution is -2.06. The van der Waals surface area contributed by atoms with Gasteiger partial charge >= 0.3 is 23.9 Å². The molecule has 10 heterocycles. The minimum atomic E-state index is -0.967. The standard InChI is InChI=1S/C68H74N8O11/c1-29-41(13-17-61(79)80)53-27-54-42(14-18-62(81)82)31(3)47(71-54)24-58-66(38(10)78)34(6)52(74-58)26-60-68(35(7)50(75-60)21-45(29)69-53)40(12)87-39(11)67-36(8)51-22-49-33(5)65(37(9)77)57(73-49)23-46-30(2)43(15-19-63(83)84)55(70-46)28-56-44(16-20-64(85)86)32(4)48(72-56)25-59(67)76-51/h21-28,37-40,73-78H,13-20H2,1-12H3,(H,79,80)(H,81,82)(H,83,84)(H,85,86). The van der Waals surface area contributed by atoms with Gasteiger partial charge in [0.15, 0.2) is 0 Å². The molecule has 0 aromatic carbocycles. The van der Waals surface area contributed by atoms with Gasteiger partial charge in [-0.05, 0) is 224 Å². The number of aryl methyl sites for hydroxylation is 4. The van der Waals surface area contributed by atoms with Gasteiger partial charge in [0.1, 0.15) is 0 Å². The van der Waals surface area contributed by atoms with E-state index in [0.717, 1.165) is 100 Å². The number of nitrogens with one attached hydrogen (secondary N) is 4. The summed E-state index contributed by atoms with van der Waals surface area (Å²) < 4.78 is 7.28. The average Bonchev–Trinajstić information content (AvgIpc) is 1.86. The van der Waals surface area contributed by atoms with E-state index in [2.05, 4.69) is 19.9 Å². The summed E-state index contributed by atoms with van der Waals surface area (Å²) in [6, 6.07) is 15.3. The maximum Gasteiger partial charge on any atom is 0.303 e. The topological polar surface area (TPSA) is 314 Å². The predicted molar refractivity (Wildman–Crippen MR) is 338 cm³/mol. The first-order chi connectivity index (χ1) is 41.2. The molecule has 0 fully saturated rings. The van der Waals surface area contributed by atoms with Crippen LogP contribution in [0.15, 0.2) is 48.5 Å².